The van der Waals surface area contributed by atoms with Gasteiger partial charge in [-0.2, -0.15) is 5.26 Å². The number of aromatic nitrogens is 1. The summed E-state index contributed by atoms with van der Waals surface area (Å²) in [4.78, 5) is 16.5. The maximum absolute atomic E-state index is 11.9. The van der Waals surface area contributed by atoms with Crippen molar-refractivity contribution in [1.29, 1.82) is 5.26 Å². The van der Waals surface area contributed by atoms with E-state index >= 15 is 0 Å². The molecule has 0 fully saturated rings. The van der Waals surface area contributed by atoms with E-state index in [-0.39, 0.29) is 12.2 Å². The van der Waals surface area contributed by atoms with Crippen LogP contribution in [0.1, 0.15) is 12.5 Å². The molecule has 4 heteroatoms. The van der Waals surface area contributed by atoms with Gasteiger partial charge >= 0.3 is 5.97 Å². The van der Waals surface area contributed by atoms with Crippen LogP contribution in [-0.2, 0) is 9.53 Å². The molecule has 0 bridgehead atoms. The fraction of sp³-hybridized carbons (Fsp3) is 0.105. The molecule has 1 heterocycles. The number of benzene rings is 2. The van der Waals surface area contributed by atoms with E-state index in [0.29, 0.717) is 0 Å². The molecule has 4 nitrogen and oxygen atoms in total. The molecule has 0 aliphatic carbocycles. The highest BCUT2D eigenvalue weighted by Gasteiger charge is 2.13. The molecular formula is C19H14N2O2. The van der Waals surface area contributed by atoms with Gasteiger partial charge in [-0.1, -0.05) is 36.4 Å². The zero-order valence-corrected chi connectivity index (χ0v) is 12.6. The number of carbonyl (C=O) groups excluding carboxylic acids is 1. The summed E-state index contributed by atoms with van der Waals surface area (Å²) in [5, 5.41) is 11.1. The van der Waals surface area contributed by atoms with Crippen molar-refractivity contribution in [2.45, 2.75) is 6.92 Å². The van der Waals surface area contributed by atoms with Crippen molar-refractivity contribution in [2.75, 3.05) is 6.61 Å². The van der Waals surface area contributed by atoms with E-state index in [1.54, 1.807) is 13.0 Å². The fourth-order valence-electron chi connectivity index (χ4n) is 2.52. The van der Waals surface area contributed by atoms with Crippen molar-refractivity contribution >= 4 is 33.9 Å². The maximum atomic E-state index is 11.9. The summed E-state index contributed by atoms with van der Waals surface area (Å²) in [7, 11) is 0. The predicted molar refractivity (Wildman–Crippen MR) is 89.5 cm³/mol. The van der Waals surface area contributed by atoms with Crippen LogP contribution in [0.25, 0.3) is 27.9 Å². The highest BCUT2D eigenvalue weighted by Crippen LogP contribution is 2.28. The maximum Gasteiger partial charge on any atom is 0.348 e. The van der Waals surface area contributed by atoms with E-state index in [2.05, 4.69) is 4.98 Å². The Morgan fingerprint density at radius 3 is 2.22 bits per heavy atom. The van der Waals surface area contributed by atoms with Crippen molar-refractivity contribution in [2.24, 2.45) is 0 Å². The number of hydrogen-bond acceptors (Lipinski definition) is 4. The molecule has 0 aliphatic rings. The van der Waals surface area contributed by atoms with Crippen LogP contribution in [0, 0.1) is 11.3 Å². The largest absolute Gasteiger partial charge is 0.462 e. The Balaban J connectivity index is 2.33. The lowest BCUT2D eigenvalue weighted by molar-refractivity contribution is -0.137. The molecule has 1 aromatic heterocycles. The molecule has 3 rings (SSSR count). The number of esters is 1. The topological polar surface area (TPSA) is 63.0 Å². The van der Waals surface area contributed by atoms with Crippen LogP contribution in [0.15, 0.2) is 54.1 Å². The van der Waals surface area contributed by atoms with Gasteiger partial charge in [-0.25, -0.2) is 9.78 Å². The van der Waals surface area contributed by atoms with E-state index in [1.165, 1.54) is 0 Å². The molecule has 0 saturated carbocycles. The van der Waals surface area contributed by atoms with Gasteiger partial charge in [-0.15, -0.1) is 0 Å². The lowest BCUT2D eigenvalue weighted by Gasteiger charge is -2.08. The Morgan fingerprint density at radius 2 is 1.70 bits per heavy atom. The summed E-state index contributed by atoms with van der Waals surface area (Å²) in [6.45, 7) is 1.94. The Kier molecular flexibility index (Phi) is 4.03. The number of nitriles is 1. The number of nitrogens with zero attached hydrogens (tertiary/aromatic N) is 2. The lowest BCUT2D eigenvalue weighted by Crippen LogP contribution is -2.06. The van der Waals surface area contributed by atoms with Crippen LogP contribution in [0.4, 0.5) is 0 Å². The minimum absolute atomic E-state index is 0.0200. The van der Waals surface area contributed by atoms with Gasteiger partial charge in [0, 0.05) is 10.8 Å². The number of pyridine rings is 1. The zero-order valence-electron chi connectivity index (χ0n) is 12.6. The van der Waals surface area contributed by atoms with Crippen LogP contribution in [-0.4, -0.2) is 17.6 Å². The first-order valence-electron chi connectivity index (χ1n) is 7.31. The smallest absolute Gasteiger partial charge is 0.348 e. The van der Waals surface area contributed by atoms with Crippen LogP contribution in [0.2, 0.25) is 0 Å². The van der Waals surface area contributed by atoms with E-state index < -0.39 is 5.97 Å². The van der Waals surface area contributed by atoms with Gasteiger partial charge < -0.3 is 4.74 Å². The zero-order chi connectivity index (χ0) is 16.2. The SMILES string of the molecule is CCOC(=O)/C(C#N)=C\c1c2ccccc2nc2ccccc12. The predicted octanol–water partition coefficient (Wildman–Crippen LogP) is 3.86. The standard InChI is InChI=1S/C19H14N2O2/c1-2-23-19(22)13(12-20)11-16-14-7-3-5-9-17(14)21-18-10-6-4-8-15(16)18/h3-11H,2H2,1H3/b13-11-. The number of para-hydroxylation sites is 2. The van der Waals surface area contributed by atoms with E-state index in [9.17, 15) is 10.1 Å². The highest BCUT2D eigenvalue weighted by atomic mass is 16.5. The van der Waals surface area contributed by atoms with E-state index in [0.717, 1.165) is 27.4 Å². The molecule has 112 valence electrons. The van der Waals surface area contributed by atoms with Crippen molar-refractivity contribution in [3.8, 4) is 6.07 Å². The molecule has 0 saturated heterocycles. The minimum Gasteiger partial charge on any atom is -0.462 e. The number of hydrogen-bond donors (Lipinski definition) is 0. The summed E-state index contributed by atoms with van der Waals surface area (Å²) < 4.78 is 4.95. The molecule has 0 N–H and O–H groups in total. The summed E-state index contributed by atoms with van der Waals surface area (Å²) in [6, 6.07) is 17.3. The molecular weight excluding hydrogens is 288 g/mol. The van der Waals surface area contributed by atoms with Crippen molar-refractivity contribution in [1.82, 2.24) is 4.98 Å². The van der Waals surface area contributed by atoms with Crippen molar-refractivity contribution in [3.63, 3.8) is 0 Å². The van der Waals surface area contributed by atoms with Gasteiger partial charge in [-0.05, 0) is 30.7 Å². The summed E-state index contributed by atoms with van der Waals surface area (Å²) in [5.41, 5.74) is 2.42. The molecule has 0 unspecified atom stereocenters. The third kappa shape index (κ3) is 2.77. The Hall–Kier alpha value is -3.19. The number of rotatable bonds is 3. The van der Waals surface area contributed by atoms with Crippen LogP contribution < -0.4 is 0 Å². The Bertz CT molecular complexity index is 914. The lowest BCUT2D eigenvalue weighted by atomic mass is 10.0. The van der Waals surface area contributed by atoms with Crippen molar-refractivity contribution < 1.29 is 9.53 Å². The van der Waals surface area contributed by atoms with Gasteiger partial charge in [-0.3, -0.25) is 0 Å². The van der Waals surface area contributed by atoms with Crippen molar-refractivity contribution in [3.05, 3.63) is 59.7 Å². The first kappa shape index (κ1) is 14.7. The fourth-order valence-corrected chi connectivity index (χ4v) is 2.52. The van der Waals surface area contributed by atoms with Gasteiger partial charge in [0.25, 0.3) is 0 Å². The number of ether oxygens (including phenoxy) is 1. The third-order valence-electron chi connectivity index (χ3n) is 3.53. The molecule has 2 aromatic carbocycles. The second-order valence-electron chi connectivity index (χ2n) is 4.95. The minimum atomic E-state index is -0.611. The van der Waals surface area contributed by atoms with Gasteiger partial charge in [0.1, 0.15) is 11.6 Å². The number of carbonyl (C=O) groups is 1. The third-order valence-corrected chi connectivity index (χ3v) is 3.53. The molecule has 0 radical (unpaired) electrons. The average molecular weight is 302 g/mol. The first-order chi connectivity index (χ1) is 11.2. The quantitative estimate of drug-likeness (QED) is 0.319. The molecule has 3 aromatic rings. The monoisotopic (exact) mass is 302 g/mol. The molecule has 0 spiro atoms. The molecule has 0 amide bonds. The van der Waals surface area contributed by atoms with Gasteiger partial charge in [0.15, 0.2) is 0 Å². The highest BCUT2D eigenvalue weighted by molar-refractivity contribution is 6.07. The Morgan fingerprint density at radius 1 is 1.13 bits per heavy atom. The molecule has 23 heavy (non-hydrogen) atoms. The van der Waals surface area contributed by atoms with Gasteiger partial charge in [0.05, 0.1) is 17.6 Å². The molecule has 0 aliphatic heterocycles. The van der Waals surface area contributed by atoms with E-state index in [1.807, 2.05) is 54.6 Å². The van der Waals surface area contributed by atoms with Crippen LogP contribution in [0.3, 0.4) is 0 Å². The summed E-state index contributed by atoms with van der Waals surface area (Å²) in [6.07, 6.45) is 1.59. The Labute approximate surface area is 133 Å². The van der Waals surface area contributed by atoms with Crippen LogP contribution in [0.5, 0.6) is 0 Å². The van der Waals surface area contributed by atoms with Crippen LogP contribution >= 0.6 is 0 Å². The first-order valence-corrected chi connectivity index (χ1v) is 7.31. The second kappa shape index (κ2) is 6.29. The summed E-state index contributed by atoms with van der Waals surface area (Å²) >= 11 is 0. The average Bonchev–Trinajstić information content (AvgIpc) is 2.58. The van der Waals surface area contributed by atoms with E-state index in [4.69, 9.17) is 4.74 Å². The molecule has 0 atom stereocenters. The normalized spacial score (nSPS) is 11.4. The van der Waals surface area contributed by atoms with Gasteiger partial charge in [0.2, 0.25) is 0 Å². The summed E-state index contributed by atoms with van der Waals surface area (Å²) in [5.74, 6) is -0.611. The second-order valence-corrected chi connectivity index (χ2v) is 4.95. The number of fused-ring (bicyclic) bond motifs is 2.